The first-order valence-electron chi connectivity index (χ1n) is 11.0. The summed E-state index contributed by atoms with van der Waals surface area (Å²) in [4.78, 5) is 25.8. The number of carbonyl (C=O) groups excluding carboxylic acids is 1. The van der Waals surface area contributed by atoms with Crippen LogP contribution in [0.4, 0.5) is 0 Å². The van der Waals surface area contributed by atoms with Crippen LogP contribution < -0.4 is 10.9 Å². The fourth-order valence-corrected chi connectivity index (χ4v) is 4.59. The summed E-state index contributed by atoms with van der Waals surface area (Å²) in [5.74, 6) is 0.554. The summed E-state index contributed by atoms with van der Waals surface area (Å²) in [6.45, 7) is 2.89. The number of amides is 1. The average Bonchev–Trinajstić information content (AvgIpc) is 3.29. The van der Waals surface area contributed by atoms with Crippen molar-refractivity contribution in [2.24, 2.45) is 0 Å². The van der Waals surface area contributed by atoms with E-state index in [1.54, 1.807) is 10.6 Å². The second kappa shape index (κ2) is 9.52. The third kappa shape index (κ3) is 4.45. The fraction of sp³-hybridized carbons (Fsp3) is 0.154. The zero-order valence-corrected chi connectivity index (χ0v) is 19.5. The molecule has 0 atom stereocenters. The van der Waals surface area contributed by atoms with E-state index in [2.05, 4.69) is 15.5 Å². The predicted molar refractivity (Wildman–Crippen MR) is 134 cm³/mol. The van der Waals surface area contributed by atoms with Crippen molar-refractivity contribution in [2.75, 3.05) is 5.75 Å². The lowest BCUT2D eigenvalue weighted by atomic mass is 10.1. The number of fused-ring (bicyclic) bond motifs is 3. The Bertz CT molecular complexity index is 1520. The zero-order chi connectivity index (χ0) is 23.5. The van der Waals surface area contributed by atoms with E-state index in [1.807, 2.05) is 84.1 Å². The average molecular weight is 470 g/mol. The molecule has 0 aliphatic carbocycles. The van der Waals surface area contributed by atoms with Gasteiger partial charge in [-0.15, -0.1) is 10.2 Å². The second-order valence-electron chi connectivity index (χ2n) is 8.06. The molecule has 0 radical (unpaired) electrons. The van der Waals surface area contributed by atoms with Gasteiger partial charge in [-0.2, -0.15) is 0 Å². The van der Waals surface area contributed by atoms with Gasteiger partial charge in [0.05, 0.1) is 23.2 Å². The number of nitrogens with zero attached hydrogens (tertiary/aromatic N) is 4. The van der Waals surface area contributed by atoms with Crippen molar-refractivity contribution in [1.82, 2.24) is 24.5 Å². The normalized spacial score (nSPS) is 11.2. The van der Waals surface area contributed by atoms with E-state index in [-0.39, 0.29) is 17.2 Å². The second-order valence-corrected chi connectivity index (χ2v) is 9.01. The third-order valence-corrected chi connectivity index (χ3v) is 6.53. The van der Waals surface area contributed by atoms with E-state index in [1.165, 1.54) is 17.3 Å². The first-order valence-corrected chi connectivity index (χ1v) is 11.9. The Hall–Kier alpha value is -3.91. The molecule has 3 aromatic carbocycles. The Morgan fingerprint density at radius 3 is 2.44 bits per heavy atom. The Balaban J connectivity index is 1.42. The first-order chi connectivity index (χ1) is 16.6. The molecule has 0 aliphatic rings. The highest BCUT2D eigenvalue weighted by molar-refractivity contribution is 7.99. The number of benzene rings is 3. The smallest absolute Gasteiger partial charge is 0.263 e. The van der Waals surface area contributed by atoms with Crippen molar-refractivity contribution in [1.29, 1.82) is 0 Å². The highest BCUT2D eigenvalue weighted by Gasteiger charge is 2.17. The van der Waals surface area contributed by atoms with Gasteiger partial charge in [0, 0.05) is 6.54 Å². The van der Waals surface area contributed by atoms with Crippen molar-refractivity contribution in [3.8, 4) is 0 Å². The number of aryl methyl sites for hydroxylation is 1. The summed E-state index contributed by atoms with van der Waals surface area (Å²) in [5.41, 5.74) is 3.83. The third-order valence-electron chi connectivity index (χ3n) is 5.60. The molecule has 0 fully saturated rings. The van der Waals surface area contributed by atoms with Crippen LogP contribution in [0.15, 0.2) is 88.8 Å². The summed E-state index contributed by atoms with van der Waals surface area (Å²) < 4.78 is 3.49. The van der Waals surface area contributed by atoms with Gasteiger partial charge in [-0.05, 0) is 30.2 Å². The topological polar surface area (TPSA) is 81.3 Å². The van der Waals surface area contributed by atoms with Crippen molar-refractivity contribution < 1.29 is 4.79 Å². The van der Waals surface area contributed by atoms with Crippen molar-refractivity contribution in [3.05, 3.63) is 106 Å². The lowest BCUT2D eigenvalue weighted by molar-refractivity contribution is -0.118. The molecule has 34 heavy (non-hydrogen) atoms. The molecule has 1 N–H and O–H groups in total. The minimum Gasteiger partial charge on any atom is -0.351 e. The number of aromatic nitrogens is 4. The van der Waals surface area contributed by atoms with Crippen LogP contribution in [0.3, 0.4) is 0 Å². The highest BCUT2D eigenvalue weighted by atomic mass is 32.2. The zero-order valence-electron chi connectivity index (χ0n) is 18.6. The Kier molecular flexibility index (Phi) is 6.14. The van der Waals surface area contributed by atoms with Crippen molar-refractivity contribution in [2.45, 2.75) is 25.2 Å². The number of carbonyl (C=O) groups is 1. The van der Waals surface area contributed by atoms with E-state index in [4.69, 9.17) is 0 Å². The highest BCUT2D eigenvalue weighted by Crippen LogP contribution is 2.22. The van der Waals surface area contributed by atoms with Gasteiger partial charge < -0.3 is 5.32 Å². The molecule has 0 bridgehead atoms. The summed E-state index contributed by atoms with van der Waals surface area (Å²) in [5, 5.41) is 12.7. The molecule has 1 amide bonds. The van der Waals surface area contributed by atoms with E-state index in [0.717, 1.165) is 16.6 Å². The minimum absolute atomic E-state index is 0.0933. The van der Waals surface area contributed by atoms with Gasteiger partial charge in [0.1, 0.15) is 0 Å². The van der Waals surface area contributed by atoms with Gasteiger partial charge in [-0.25, -0.2) is 0 Å². The molecule has 0 spiro atoms. The lowest BCUT2D eigenvalue weighted by Gasteiger charge is -2.11. The fourth-order valence-electron chi connectivity index (χ4n) is 3.82. The SMILES string of the molecule is Cc1ccc(CNC(=O)CSc2nnc3n(Cc4ccccc4)c(=O)c4ccccc4n23)cc1. The van der Waals surface area contributed by atoms with Crippen LogP contribution in [0, 0.1) is 6.92 Å². The van der Waals surface area contributed by atoms with Gasteiger partial charge in [0.15, 0.2) is 5.16 Å². The molecule has 0 saturated carbocycles. The molecule has 2 heterocycles. The Labute approximate surface area is 200 Å². The Morgan fingerprint density at radius 1 is 0.912 bits per heavy atom. The summed E-state index contributed by atoms with van der Waals surface area (Å²) in [6, 6.07) is 25.3. The van der Waals surface area contributed by atoms with Crippen LogP contribution in [0.25, 0.3) is 16.7 Å². The summed E-state index contributed by atoms with van der Waals surface area (Å²) in [6.07, 6.45) is 0. The molecule has 170 valence electrons. The maximum Gasteiger partial charge on any atom is 0.263 e. The molecule has 2 aromatic heterocycles. The number of nitrogens with one attached hydrogen (secondary N) is 1. The van der Waals surface area contributed by atoms with Crippen LogP contribution >= 0.6 is 11.8 Å². The monoisotopic (exact) mass is 469 g/mol. The van der Waals surface area contributed by atoms with Crippen LogP contribution in [-0.4, -0.2) is 30.8 Å². The molecule has 0 saturated heterocycles. The molecule has 5 aromatic rings. The van der Waals surface area contributed by atoms with Crippen LogP contribution in [0.5, 0.6) is 0 Å². The number of thioether (sulfide) groups is 1. The molecule has 0 aliphatic heterocycles. The van der Waals surface area contributed by atoms with E-state index in [9.17, 15) is 9.59 Å². The molecular formula is C26H23N5O2S. The largest absolute Gasteiger partial charge is 0.351 e. The number of hydrogen-bond donors (Lipinski definition) is 1. The maximum absolute atomic E-state index is 13.3. The molecule has 8 heteroatoms. The summed E-state index contributed by atoms with van der Waals surface area (Å²) in [7, 11) is 0. The van der Waals surface area contributed by atoms with Gasteiger partial charge >= 0.3 is 0 Å². The quantitative estimate of drug-likeness (QED) is 0.367. The van der Waals surface area contributed by atoms with E-state index >= 15 is 0 Å². The number of rotatable bonds is 7. The van der Waals surface area contributed by atoms with Gasteiger partial charge in [-0.3, -0.25) is 18.6 Å². The van der Waals surface area contributed by atoms with Crippen molar-refractivity contribution >= 4 is 34.3 Å². The van der Waals surface area contributed by atoms with Gasteiger partial charge in [0.2, 0.25) is 11.7 Å². The van der Waals surface area contributed by atoms with Crippen LogP contribution in [-0.2, 0) is 17.9 Å². The number of hydrogen-bond acceptors (Lipinski definition) is 5. The van der Waals surface area contributed by atoms with Crippen molar-refractivity contribution in [3.63, 3.8) is 0 Å². The lowest BCUT2D eigenvalue weighted by Crippen LogP contribution is -2.25. The minimum atomic E-state index is -0.119. The molecule has 7 nitrogen and oxygen atoms in total. The molecular weight excluding hydrogens is 446 g/mol. The Morgan fingerprint density at radius 2 is 1.65 bits per heavy atom. The number of para-hydroxylation sites is 1. The van der Waals surface area contributed by atoms with Crippen LogP contribution in [0.1, 0.15) is 16.7 Å². The van der Waals surface area contributed by atoms with Gasteiger partial charge in [-0.1, -0.05) is 84.1 Å². The van der Waals surface area contributed by atoms with Gasteiger partial charge in [0.25, 0.3) is 5.56 Å². The van der Waals surface area contributed by atoms with E-state index in [0.29, 0.717) is 29.4 Å². The van der Waals surface area contributed by atoms with Crippen LogP contribution in [0.2, 0.25) is 0 Å². The summed E-state index contributed by atoms with van der Waals surface area (Å²) >= 11 is 1.30. The standard InChI is InChI=1S/C26H23N5O2S/c1-18-11-13-19(14-12-18)15-27-23(32)17-34-26-29-28-25-30(16-20-7-3-2-4-8-20)24(33)21-9-5-6-10-22(21)31(25)26/h2-14H,15-17H2,1H3,(H,27,32). The molecule has 0 unspecified atom stereocenters. The van der Waals surface area contributed by atoms with E-state index < -0.39 is 0 Å². The maximum atomic E-state index is 13.3. The molecule has 5 rings (SSSR count). The first kappa shape index (κ1) is 21.9. The predicted octanol–water partition coefficient (Wildman–Crippen LogP) is 3.81.